The van der Waals surface area contributed by atoms with Crippen LogP contribution in [0.2, 0.25) is 0 Å². The zero-order chi connectivity index (χ0) is 10.2. The minimum Gasteiger partial charge on any atom is -0.468 e. The summed E-state index contributed by atoms with van der Waals surface area (Å²) in [4.78, 5) is 0. The fraction of sp³-hybridized carbons (Fsp3) is 0.636. The molecule has 80 valence electrons. The molecule has 1 aromatic rings. The monoisotopic (exact) mass is 197 g/mol. The quantitative estimate of drug-likeness (QED) is 0.681. The van der Waals surface area contributed by atoms with E-state index in [0.29, 0.717) is 6.04 Å². The van der Waals surface area contributed by atoms with Crippen LogP contribution in [0, 0.1) is 0 Å². The molecule has 0 aliphatic heterocycles. The van der Waals surface area contributed by atoms with Crippen molar-refractivity contribution in [3.8, 4) is 0 Å². The van der Waals surface area contributed by atoms with Crippen LogP contribution in [0.25, 0.3) is 0 Å². The second kappa shape index (κ2) is 6.62. The predicted octanol–water partition coefficient (Wildman–Crippen LogP) is 2.36. The number of ether oxygens (including phenoxy) is 1. The van der Waals surface area contributed by atoms with Gasteiger partial charge in [0, 0.05) is 13.7 Å². The van der Waals surface area contributed by atoms with E-state index >= 15 is 0 Å². The van der Waals surface area contributed by atoms with Crippen LogP contribution in [0.15, 0.2) is 22.8 Å². The molecule has 1 heterocycles. The molecule has 0 fully saturated rings. The highest BCUT2D eigenvalue weighted by molar-refractivity contribution is 5.04. The van der Waals surface area contributed by atoms with Gasteiger partial charge in [-0.3, -0.25) is 0 Å². The first-order chi connectivity index (χ1) is 6.88. The summed E-state index contributed by atoms with van der Waals surface area (Å²) in [6, 6.07) is 4.26. The second-order valence-electron chi connectivity index (χ2n) is 3.26. The molecule has 1 N–H and O–H groups in total. The summed E-state index contributed by atoms with van der Waals surface area (Å²) in [7, 11) is 1.73. The van der Waals surface area contributed by atoms with E-state index in [9.17, 15) is 0 Å². The molecule has 0 amide bonds. The maximum atomic E-state index is 5.38. The van der Waals surface area contributed by atoms with E-state index in [1.165, 1.54) is 0 Å². The van der Waals surface area contributed by atoms with E-state index in [2.05, 4.69) is 12.2 Å². The Bertz CT molecular complexity index is 221. The largest absolute Gasteiger partial charge is 0.468 e. The molecule has 1 unspecified atom stereocenters. The lowest BCUT2D eigenvalue weighted by Gasteiger charge is -2.14. The van der Waals surface area contributed by atoms with Gasteiger partial charge < -0.3 is 14.5 Å². The Labute approximate surface area is 85.4 Å². The van der Waals surface area contributed by atoms with E-state index in [0.717, 1.165) is 31.8 Å². The van der Waals surface area contributed by atoms with Crippen LogP contribution < -0.4 is 5.32 Å². The summed E-state index contributed by atoms with van der Waals surface area (Å²) in [6.07, 6.45) is 3.82. The minimum absolute atomic E-state index is 0.324. The van der Waals surface area contributed by atoms with Gasteiger partial charge in [-0.05, 0) is 31.5 Å². The van der Waals surface area contributed by atoms with Gasteiger partial charge in [-0.15, -0.1) is 0 Å². The van der Waals surface area contributed by atoms with Crippen LogP contribution >= 0.6 is 0 Å². The van der Waals surface area contributed by atoms with Crippen molar-refractivity contribution < 1.29 is 9.15 Å². The molecule has 0 spiro atoms. The Morgan fingerprint density at radius 1 is 1.57 bits per heavy atom. The number of furan rings is 1. The van der Waals surface area contributed by atoms with Crippen molar-refractivity contribution in [2.24, 2.45) is 0 Å². The van der Waals surface area contributed by atoms with E-state index in [-0.39, 0.29) is 0 Å². The summed E-state index contributed by atoms with van der Waals surface area (Å²) >= 11 is 0. The minimum atomic E-state index is 0.324. The molecule has 14 heavy (non-hydrogen) atoms. The summed E-state index contributed by atoms with van der Waals surface area (Å²) in [6.45, 7) is 3.87. The van der Waals surface area contributed by atoms with E-state index < -0.39 is 0 Å². The summed E-state index contributed by atoms with van der Waals surface area (Å²) in [5, 5.41) is 3.39. The first kappa shape index (κ1) is 11.3. The molecule has 0 bridgehead atoms. The van der Waals surface area contributed by atoms with Crippen molar-refractivity contribution in [1.29, 1.82) is 0 Å². The molecule has 1 atom stereocenters. The van der Waals surface area contributed by atoms with Gasteiger partial charge in [0.15, 0.2) is 0 Å². The van der Waals surface area contributed by atoms with E-state index in [1.807, 2.05) is 12.1 Å². The second-order valence-corrected chi connectivity index (χ2v) is 3.26. The lowest BCUT2D eigenvalue weighted by Crippen LogP contribution is -2.20. The zero-order valence-electron chi connectivity index (χ0n) is 8.95. The molecule has 1 aromatic heterocycles. The summed E-state index contributed by atoms with van der Waals surface area (Å²) in [5.41, 5.74) is 0. The van der Waals surface area contributed by atoms with Gasteiger partial charge in [0.05, 0.1) is 12.3 Å². The van der Waals surface area contributed by atoms with Gasteiger partial charge in [0.2, 0.25) is 0 Å². The Balaban J connectivity index is 2.39. The Hall–Kier alpha value is -0.800. The number of nitrogens with one attached hydrogen (secondary N) is 1. The fourth-order valence-corrected chi connectivity index (χ4v) is 1.51. The highest BCUT2D eigenvalue weighted by atomic mass is 16.5. The lowest BCUT2D eigenvalue weighted by molar-refractivity contribution is 0.187. The summed E-state index contributed by atoms with van der Waals surface area (Å²) < 4.78 is 10.4. The highest BCUT2D eigenvalue weighted by Crippen LogP contribution is 2.18. The van der Waals surface area contributed by atoms with Crippen LogP contribution in [-0.4, -0.2) is 20.3 Å². The molecule has 0 radical (unpaired) electrons. The maximum absolute atomic E-state index is 5.38. The van der Waals surface area contributed by atoms with Crippen molar-refractivity contribution in [1.82, 2.24) is 5.32 Å². The van der Waals surface area contributed by atoms with Crippen molar-refractivity contribution in [3.05, 3.63) is 24.2 Å². The van der Waals surface area contributed by atoms with Gasteiger partial charge in [-0.25, -0.2) is 0 Å². The molecule has 0 saturated heterocycles. The fourth-order valence-electron chi connectivity index (χ4n) is 1.51. The lowest BCUT2D eigenvalue weighted by atomic mass is 10.1. The van der Waals surface area contributed by atoms with Gasteiger partial charge in [-0.1, -0.05) is 6.92 Å². The maximum Gasteiger partial charge on any atom is 0.120 e. The molecular formula is C11H19NO2. The molecule has 1 rings (SSSR count). The van der Waals surface area contributed by atoms with E-state index in [1.54, 1.807) is 13.4 Å². The van der Waals surface area contributed by atoms with Gasteiger partial charge in [0.1, 0.15) is 5.76 Å². The van der Waals surface area contributed by atoms with Crippen LogP contribution in [0.5, 0.6) is 0 Å². The molecule has 0 aliphatic rings. The molecule has 0 aliphatic carbocycles. The third-order valence-corrected chi connectivity index (χ3v) is 2.18. The van der Waals surface area contributed by atoms with Crippen molar-refractivity contribution in [2.45, 2.75) is 25.8 Å². The highest BCUT2D eigenvalue weighted by Gasteiger charge is 2.11. The van der Waals surface area contributed by atoms with Gasteiger partial charge >= 0.3 is 0 Å². The Morgan fingerprint density at radius 2 is 2.43 bits per heavy atom. The molecule has 3 nitrogen and oxygen atoms in total. The van der Waals surface area contributed by atoms with Crippen LogP contribution in [-0.2, 0) is 4.74 Å². The van der Waals surface area contributed by atoms with Crippen molar-refractivity contribution in [2.75, 3.05) is 20.3 Å². The zero-order valence-corrected chi connectivity index (χ0v) is 8.95. The topological polar surface area (TPSA) is 34.4 Å². The van der Waals surface area contributed by atoms with Crippen LogP contribution in [0.1, 0.15) is 31.6 Å². The molecule has 0 aromatic carbocycles. The van der Waals surface area contributed by atoms with Gasteiger partial charge in [-0.2, -0.15) is 0 Å². The smallest absolute Gasteiger partial charge is 0.120 e. The Morgan fingerprint density at radius 3 is 3.00 bits per heavy atom. The SMILES string of the molecule is CCNC(CCCOC)c1ccco1. The predicted molar refractivity (Wildman–Crippen MR) is 56.2 cm³/mol. The summed E-state index contributed by atoms with van der Waals surface area (Å²) in [5.74, 6) is 1.02. The molecular weight excluding hydrogens is 178 g/mol. The number of rotatable bonds is 7. The van der Waals surface area contributed by atoms with E-state index in [4.69, 9.17) is 9.15 Å². The van der Waals surface area contributed by atoms with Crippen LogP contribution in [0.4, 0.5) is 0 Å². The van der Waals surface area contributed by atoms with Crippen LogP contribution in [0.3, 0.4) is 0 Å². The average molecular weight is 197 g/mol. The number of hydrogen-bond donors (Lipinski definition) is 1. The average Bonchev–Trinajstić information content (AvgIpc) is 2.70. The first-order valence-corrected chi connectivity index (χ1v) is 5.14. The van der Waals surface area contributed by atoms with Crippen molar-refractivity contribution >= 4 is 0 Å². The third kappa shape index (κ3) is 3.52. The normalized spacial score (nSPS) is 13.0. The Kier molecular flexibility index (Phi) is 5.33. The van der Waals surface area contributed by atoms with Gasteiger partial charge in [0.25, 0.3) is 0 Å². The first-order valence-electron chi connectivity index (χ1n) is 5.14. The van der Waals surface area contributed by atoms with Crippen molar-refractivity contribution in [3.63, 3.8) is 0 Å². The number of hydrogen-bond acceptors (Lipinski definition) is 3. The standard InChI is InChI=1S/C11H19NO2/c1-3-12-10(6-4-8-13-2)11-7-5-9-14-11/h5,7,9-10,12H,3-4,6,8H2,1-2H3. The third-order valence-electron chi connectivity index (χ3n) is 2.18. The molecule has 0 saturated carbocycles. The molecule has 3 heteroatoms. The number of methoxy groups -OCH3 is 1.